The number of hydrogen-bond donors (Lipinski definition) is 1. The van der Waals surface area contributed by atoms with Crippen molar-refractivity contribution in [2.45, 2.75) is 23.0 Å². The number of halogens is 1. The molecule has 0 aliphatic rings. The van der Waals surface area contributed by atoms with E-state index in [1.807, 2.05) is 50.2 Å². The third-order valence-corrected chi connectivity index (χ3v) is 6.63. The van der Waals surface area contributed by atoms with Crippen LogP contribution < -0.4 is 5.32 Å². The number of furan rings is 1. The number of carbonyl (C=O) groups is 1. The molecule has 2 aromatic carbocycles. The van der Waals surface area contributed by atoms with Gasteiger partial charge in [-0.25, -0.2) is 8.42 Å². The number of likely N-dealkylation sites (N-methyl/N-ethyl adjacent to an activating group) is 1. The van der Waals surface area contributed by atoms with Gasteiger partial charge in [0.1, 0.15) is 0 Å². The highest BCUT2D eigenvalue weighted by atomic mass is 35.5. The Balaban J connectivity index is 1.73. The Kier molecular flexibility index (Phi) is 6.65. The van der Waals surface area contributed by atoms with Gasteiger partial charge in [0.2, 0.25) is 14.9 Å². The van der Waals surface area contributed by atoms with E-state index in [1.165, 1.54) is 36.4 Å². The molecule has 0 aliphatic carbocycles. The zero-order valence-corrected chi connectivity index (χ0v) is 18.5. The first-order valence-electron chi connectivity index (χ1n) is 9.30. The van der Waals surface area contributed by atoms with Crippen LogP contribution in [0.15, 0.2) is 75.1 Å². The molecule has 1 atom stereocenters. The summed E-state index contributed by atoms with van der Waals surface area (Å²) in [5, 5.41) is 2.95. The molecule has 3 aromatic rings. The van der Waals surface area contributed by atoms with Gasteiger partial charge in [0.15, 0.2) is 5.76 Å². The molecule has 1 N–H and O–H groups in total. The van der Waals surface area contributed by atoms with Crippen molar-refractivity contribution in [2.24, 2.45) is 0 Å². The Morgan fingerprint density at radius 1 is 1.03 bits per heavy atom. The zero-order chi connectivity index (χ0) is 21.9. The largest absolute Gasteiger partial charge is 0.439 e. The van der Waals surface area contributed by atoms with E-state index in [4.69, 9.17) is 16.0 Å². The summed E-state index contributed by atoms with van der Waals surface area (Å²) in [6.07, 6.45) is 0. The molecule has 0 bridgehead atoms. The maximum atomic E-state index is 12.7. The molecule has 1 amide bonds. The maximum Gasteiger partial charge on any atom is 0.287 e. The fraction of sp³-hybridized carbons (Fsp3) is 0.227. The van der Waals surface area contributed by atoms with Crippen molar-refractivity contribution in [2.75, 3.05) is 20.6 Å². The standard InChI is InChI=1S/C22H23ClN2O4S/c1-15-4-6-16(7-5-15)19(25(2)3)14-24-22(26)20-12-13-21(29-20)30(27,28)18-10-8-17(23)9-11-18/h4-13,19H,14H2,1-3H3,(H,24,26). The van der Waals surface area contributed by atoms with Crippen LogP contribution in [0.4, 0.5) is 0 Å². The highest BCUT2D eigenvalue weighted by molar-refractivity contribution is 7.91. The number of carbonyl (C=O) groups excluding carboxylic acids is 1. The first-order valence-corrected chi connectivity index (χ1v) is 11.2. The topological polar surface area (TPSA) is 79.6 Å². The monoisotopic (exact) mass is 446 g/mol. The molecule has 1 unspecified atom stereocenters. The number of benzene rings is 2. The molecule has 6 nitrogen and oxygen atoms in total. The van der Waals surface area contributed by atoms with E-state index in [9.17, 15) is 13.2 Å². The smallest absolute Gasteiger partial charge is 0.287 e. The summed E-state index contributed by atoms with van der Waals surface area (Å²) in [5.41, 5.74) is 2.22. The van der Waals surface area contributed by atoms with Gasteiger partial charge in [0, 0.05) is 11.6 Å². The molecular weight excluding hydrogens is 424 g/mol. The molecule has 158 valence electrons. The van der Waals surface area contributed by atoms with Gasteiger partial charge >= 0.3 is 0 Å². The van der Waals surface area contributed by atoms with Crippen LogP contribution in [-0.2, 0) is 9.84 Å². The van der Waals surface area contributed by atoms with E-state index in [2.05, 4.69) is 5.32 Å². The van der Waals surface area contributed by atoms with E-state index in [0.717, 1.165) is 11.1 Å². The lowest BCUT2D eigenvalue weighted by atomic mass is 10.0. The van der Waals surface area contributed by atoms with Gasteiger partial charge in [-0.2, -0.15) is 0 Å². The van der Waals surface area contributed by atoms with Gasteiger partial charge in [-0.05, 0) is 63.0 Å². The Bertz CT molecular complexity index is 1120. The molecule has 0 saturated heterocycles. The molecule has 1 aromatic heterocycles. The van der Waals surface area contributed by atoms with Crippen LogP contribution in [-0.4, -0.2) is 39.9 Å². The van der Waals surface area contributed by atoms with Crippen molar-refractivity contribution in [1.29, 1.82) is 0 Å². The van der Waals surface area contributed by atoms with Gasteiger partial charge in [-0.1, -0.05) is 41.4 Å². The normalized spacial score (nSPS) is 12.7. The van der Waals surface area contributed by atoms with E-state index in [-0.39, 0.29) is 21.8 Å². The number of amides is 1. The van der Waals surface area contributed by atoms with Gasteiger partial charge < -0.3 is 14.6 Å². The minimum Gasteiger partial charge on any atom is -0.439 e. The van der Waals surface area contributed by atoms with Gasteiger partial charge in [-0.15, -0.1) is 0 Å². The lowest BCUT2D eigenvalue weighted by Crippen LogP contribution is -2.34. The Morgan fingerprint density at radius 3 is 2.27 bits per heavy atom. The van der Waals surface area contributed by atoms with Crippen LogP contribution in [0.2, 0.25) is 5.02 Å². The Labute approximate surface area is 181 Å². The highest BCUT2D eigenvalue weighted by Crippen LogP contribution is 2.24. The summed E-state index contributed by atoms with van der Waals surface area (Å²) >= 11 is 5.81. The van der Waals surface area contributed by atoms with E-state index in [1.54, 1.807) is 0 Å². The number of nitrogens with one attached hydrogen (secondary N) is 1. The first-order chi connectivity index (χ1) is 14.2. The predicted molar refractivity (Wildman–Crippen MR) is 116 cm³/mol. The minimum absolute atomic E-state index is 0.0400. The van der Waals surface area contributed by atoms with Crippen LogP contribution in [0.5, 0.6) is 0 Å². The summed E-state index contributed by atoms with van der Waals surface area (Å²) in [5.74, 6) is -0.546. The lowest BCUT2D eigenvalue weighted by Gasteiger charge is -2.25. The average molecular weight is 447 g/mol. The van der Waals surface area contributed by atoms with Crippen molar-refractivity contribution in [3.8, 4) is 0 Å². The van der Waals surface area contributed by atoms with Crippen LogP contribution in [0.25, 0.3) is 0 Å². The van der Waals surface area contributed by atoms with Gasteiger partial charge in [-0.3, -0.25) is 4.79 Å². The second-order valence-corrected chi connectivity index (χ2v) is 9.49. The van der Waals surface area contributed by atoms with Crippen LogP contribution in [0.3, 0.4) is 0 Å². The molecule has 0 radical (unpaired) electrons. The van der Waals surface area contributed by atoms with Gasteiger partial charge in [0.05, 0.1) is 10.9 Å². The fourth-order valence-corrected chi connectivity index (χ4v) is 4.28. The lowest BCUT2D eigenvalue weighted by molar-refractivity contribution is 0.0909. The molecule has 0 saturated carbocycles. The van der Waals surface area contributed by atoms with Crippen molar-refractivity contribution >= 4 is 27.3 Å². The average Bonchev–Trinajstić information content (AvgIpc) is 3.21. The molecule has 0 spiro atoms. The molecule has 0 fully saturated rings. The van der Waals surface area contributed by atoms with Crippen molar-refractivity contribution in [3.05, 3.63) is 82.6 Å². The predicted octanol–water partition coefficient (Wildman–Crippen LogP) is 4.11. The van der Waals surface area contributed by atoms with Crippen LogP contribution in [0.1, 0.15) is 27.7 Å². The van der Waals surface area contributed by atoms with Gasteiger partial charge in [0.25, 0.3) is 5.91 Å². The highest BCUT2D eigenvalue weighted by Gasteiger charge is 2.24. The fourth-order valence-electron chi connectivity index (χ4n) is 2.98. The molecule has 8 heteroatoms. The van der Waals surface area contributed by atoms with Crippen LogP contribution >= 0.6 is 11.6 Å². The number of aryl methyl sites for hydroxylation is 1. The molecule has 3 rings (SSSR count). The van der Waals surface area contributed by atoms with E-state index in [0.29, 0.717) is 11.6 Å². The molecular formula is C22H23ClN2O4S. The second kappa shape index (κ2) is 9.04. The Morgan fingerprint density at radius 2 is 1.67 bits per heavy atom. The van der Waals surface area contributed by atoms with E-state index >= 15 is 0 Å². The number of rotatable bonds is 7. The van der Waals surface area contributed by atoms with E-state index < -0.39 is 15.7 Å². The quantitative estimate of drug-likeness (QED) is 0.590. The molecule has 1 heterocycles. The third-order valence-electron chi connectivity index (χ3n) is 4.74. The number of nitrogens with zero attached hydrogens (tertiary/aromatic N) is 1. The summed E-state index contributed by atoms with van der Waals surface area (Å²) in [4.78, 5) is 14.6. The molecule has 0 aliphatic heterocycles. The zero-order valence-electron chi connectivity index (χ0n) is 16.9. The summed E-state index contributed by atoms with van der Waals surface area (Å²) in [6, 6.07) is 16.4. The summed E-state index contributed by atoms with van der Waals surface area (Å²) in [7, 11) is -0.0119. The third kappa shape index (κ3) is 4.92. The minimum atomic E-state index is -3.87. The summed E-state index contributed by atoms with van der Waals surface area (Å²) < 4.78 is 30.7. The maximum absolute atomic E-state index is 12.7. The SMILES string of the molecule is Cc1ccc(C(CNC(=O)c2ccc(S(=O)(=O)c3ccc(Cl)cc3)o2)N(C)C)cc1. The van der Waals surface area contributed by atoms with Crippen molar-refractivity contribution in [1.82, 2.24) is 10.2 Å². The number of sulfone groups is 1. The second-order valence-electron chi connectivity index (χ2n) is 7.18. The number of hydrogen-bond acceptors (Lipinski definition) is 5. The first kappa shape index (κ1) is 22.1. The summed E-state index contributed by atoms with van der Waals surface area (Å²) in [6.45, 7) is 2.36. The van der Waals surface area contributed by atoms with Crippen molar-refractivity contribution < 1.29 is 17.6 Å². The van der Waals surface area contributed by atoms with Crippen LogP contribution in [0, 0.1) is 6.92 Å². The molecule has 30 heavy (non-hydrogen) atoms. The van der Waals surface area contributed by atoms with Crippen molar-refractivity contribution in [3.63, 3.8) is 0 Å². The Hall–Kier alpha value is -2.61.